The molecule has 0 aromatic heterocycles. The Balaban J connectivity index is 1.87. The predicted molar refractivity (Wildman–Crippen MR) is 78.7 cm³/mol. The Labute approximate surface area is 127 Å². The summed E-state index contributed by atoms with van der Waals surface area (Å²) in [6.45, 7) is 2.11. The highest BCUT2D eigenvalue weighted by molar-refractivity contribution is 7.99. The number of benzene rings is 1. The minimum atomic E-state index is -1.07. The lowest BCUT2D eigenvalue weighted by atomic mass is 9.99. The van der Waals surface area contributed by atoms with Crippen molar-refractivity contribution < 1.29 is 19.1 Å². The maximum Gasteiger partial charge on any atom is 0.329 e. The quantitative estimate of drug-likeness (QED) is 0.850. The molecule has 0 saturated carbocycles. The van der Waals surface area contributed by atoms with E-state index in [1.54, 1.807) is 19.1 Å². The van der Waals surface area contributed by atoms with Crippen LogP contribution in [0.3, 0.4) is 0 Å². The molecule has 0 aliphatic carbocycles. The van der Waals surface area contributed by atoms with Gasteiger partial charge in [-0.05, 0) is 44.0 Å². The number of nitrogens with zero attached hydrogens (tertiary/aromatic N) is 1. The van der Waals surface area contributed by atoms with E-state index in [0.29, 0.717) is 18.7 Å². The molecular weight excluding hydrogens is 293 g/mol. The maximum atomic E-state index is 12.8. The van der Waals surface area contributed by atoms with Crippen LogP contribution >= 0.6 is 11.8 Å². The van der Waals surface area contributed by atoms with E-state index < -0.39 is 11.5 Å². The third-order valence-corrected chi connectivity index (χ3v) is 4.81. The molecule has 1 unspecified atom stereocenters. The molecular formula is C15H18FNO3S. The standard InChI is InChI=1S/C15H18FNO3S/c1-15(14(19)20)8-2-9-17(15)13(18)7-10-21-12-5-3-11(16)4-6-12/h3-6H,2,7-10H2,1H3,(H,19,20). The molecule has 1 saturated heterocycles. The molecule has 1 atom stereocenters. The smallest absolute Gasteiger partial charge is 0.329 e. The first-order valence-electron chi connectivity index (χ1n) is 6.86. The summed E-state index contributed by atoms with van der Waals surface area (Å²) >= 11 is 1.46. The van der Waals surface area contributed by atoms with Gasteiger partial charge in [0.05, 0.1) is 0 Å². The van der Waals surface area contributed by atoms with E-state index in [2.05, 4.69) is 0 Å². The second-order valence-corrected chi connectivity index (χ2v) is 6.45. The molecule has 2 rings (SSSR count). The molecule has 1 aromatic rings. The number of likely N-dealkylation sites (tertiary alicyclic amines) is 1. The van der Waals surface area contributed by atoms with Crippen LogP contribution in [-0.2, 0) is 9.59 Å². The van der Waals surface area contributed by atoms with Crippen LogP contribution in [0.5, 0.6) is 0 Å². The van der Waals surface area contributed by atoms with Crippen LogP contribution in [0.15, 0.2) is 29.2 Å². The highest BCUT2D eigenvalue weighted by Crippen LogP contribution is 2.30. The number of amides is 1. The number of hydrogen-bond acceptors (Lipinski definition) is 3. The van der Waals surface area contributed by atoms with Crippen molar-refractivity contribution in [2.45, 2.75) is 36.6 Å². The summed E-state index contributed by atoms with van der Waals surface area (Å²) in [5.41, 5.74) is -1.07. The molecule has 1 aromatic carbocycles. The Morgan fingerprint density at radius 1 is 1.38 bits per heavy atom. The molecule has 1 N–H and O–H groups in total. The second kappa shape index (κ2) is 6.47. The van der Waals surface area contributed by atoms with E-state index in [4.69, 9.17) is 0 Å². The molecule has 1 fully saturated rings. The first-order chi connectivity index (χ1) is 9.93. The molecule has 1 aliphatic heterocycles. The predicted octanol–water partition coefficient (Wildman–Crippen LogP) is 2.77. The largest absolute Gasteiger partial charge is 0.480 e. The molecule has 1 heterocycles. The second-order valence-electron chi connectivity index (χ2n) is 5.28. The number of aliphatic carboxylic acids is 1. The van der Waals surface area contributed by atoms with E-state index >= 15 is 0 Å². The minimum Gasteiger partial charge on any atom is -0.480 e. The summed E-state index contributed by atoms with van der Waals surface area (Å²) in [4.78, 5) is 25.9. The van der Waals surface area contributed by atoms with Gasteiger partial charge in [0.15, 0.2) is 0 Å². The monoisotopic (exact) mass is 311 g/mol. The molecule has 4 nitrogen and oxygen atoms in total. The van der Waals surface area contributed by atoms with Crippen LogP contribution in [0.2, 0.25) is 0 Å². The van der Waals surface area contributed by atoms with Gasteiger partial charge in [-0.1, -0.05) is 0 Å². The number of thioether (sulfide) groups is 1. The van der Waals surface area contributed by atoms with Gasteiger partial charge in [0.1, 0.15) is 11.4 Å². The molecule has 6 heteroatoms. The van der Waals surface area contributed by atoms with Crippen molar-refractivity contribution in [2.75, 3.05) is 12.3 Å². The summed E-state index contributed by atoms with van der Waals surface area (Å²) in [7, 11) is 0. The van der Waals surface area contributed by atoms with Crippen LogP contribution in [-0.4, -0.2) is 39.7 Å². The highest BCUT2D eigenvalue weighted by Gasteiger charge is 2.45. The summed E-state index contributed by atoms with van der Waals surface area (Å²) < 4.78 is 12.8. The Hall–Kier alpha value is -1.56. The fourth-order valence-corrected chi connectivity index (χ4v) is 3.35. The average molecular weight is 311 g/mol. The van der Waals surface area contributed by atoms with Gasteiger partial charge in [0.25, 0.3) is 0 Å². The van der Waals surface area contributed by atoms with Crippen molar-refractivity contribution in [3.05, 3.63) is 30.1 Å². The van der Waals surface area contributed by atoms with Gasteiger partial charge in [-0.15, -0.1) is 11.8 Å². The molecule has 1 amide bonds. The fraction of sp³-hybridized carbons (Fsp3) is 0.467. The van der Waals surface area contributed by atoms with Crippen molar-refractivity contribution in [3.63, 3.8) is 0 Å². The van der Waals surface area contributed by atoms with E-state index in [0.717, 1.165) is 11.3 Å². The van der Waals surface area contributed by atoms with E-state index in [1.165, 1.54) is 28.8 Å². The van der Waals surface area contributed by atoms with Gasteiger partial charge >= 0.3 is 5.97 Å². The van der Waals surface area contributed by atoms with E-state index in [-0.39, 0.29) is 18.1 Å². The number of carboxylic acids is 1. The molecule has 1 aliphatic rings. The number of halogens is 1. The normalized spacial score (nSPS) is 21.5. The third-order valence-electron chi connectivity index (χ3n) is 3.80. The topological polar surface area (TPSA) is 57.6 Å². The van der Waals surface area contributed by atoms with Crippen molar-refractivity contribution in [2.24, 2.45) is 0 Å². The van der Waals surface area contributed by atoms with Crippen molar-refractivity contribution in [3.8, 4) is 0 Å². The zero-order valence-electron chi connectivity index (χ0n) is 11.8. The molecule has 114 valence electrons. The Bertz CT molecular complexity index is 534. The average Bonchev–Trinajstić information content (AvgIpc) is 2.84. The first-order valence-corrected chi connectivity index (χ1v) is 7.84. The lowest BCUT2D eigenvalue weighted by Crippen LogP contribution is -2.50. The van der Waals surface area contributed by atoms with E-state index in [1.807, 2.05) is 0 Å². The number of carbonyl (C=O) groups is 2. The Kier molecular flexibility index (Phi) is 4.88. The van der Waals surface area contributed by atoms with Crippen LogP contribution in [0.25, 0.3) is 0 Å². The zero-order chi connectivity index (χ0) is 15.5. The van der Waals surface area contributed by atoms with Gasteiger partial charge in [0.2, 0.25) is 5.91 Å². The molecule has 0 spiro atoms. The van der Waals surface area contributed by atoms with Gasteiger partial charge in [-0.25, -0.2) is 9.18 Å². The lowest BCUT2D eigenvalue weighted by Gasteiger charge is -2.31. The number of rotatable bonds is 5. The van der Waals surface area contributed by atoms with Gasteiger partial charge in [-0.3, -0.25) is 4.79 Å². The number of carboxylic acid groups (broad SMARTS) is 1. The Morgan fingerprint density at radius 2 is 2.05 bits per heavy atom. The van der Waals surface area contributed by atoms with Crippen molar-refractivity contribution in [1.82, 2.24) is 4.90 Å². The highest BCUT2D eigenvalue weighted by atomic mass is 32.2. The number of carbonyl (C=O) groups excluding carboxylic acids is 1. The van der Waals surface area contributed by atoms with Crippen LogP contribution < -0.4 is 0 Å². The molecule has 0 radical (unpaired) electrons. The third kappa shape index (κ3) is 3.56. The van der Waals surface area contributed by atoms with Gasteiger partial charge in [-0.2, -0.15) is 0 Å². The summed E-state index contributed by atoms with van der Waals surface area (Å²) in [6, 6.07) is 6.10. The van der Waals surface area contributed by atoms with Crippen LogP contribution in [0.4, 0.5) is 4.39 Å². The Morgan fingerprint density at radius 3 is 2.67 bits per heavy atom. The van der Waals surface area contributed by atoms with Gasteiger partial charge in [0, 0.05) is 23.6 Å². The summed E-state index contributed by atoms with van der Waals surface area (Å²) in [6.07, 6.45) is 1.50. The lowest BCUT2D eigenvalue weighted by molar-refractivity contribution is -0.155. The van der Waals surface area contributed by atoms with E-state index in [9.17, 15) is 19.1 Å². The minimum absolute atomic E-state index is 0.132. The summed E-state index contributed by atoms with van der Waals surface area (Å²) in [5, 5.41) is 9.29. The van der Waals surface area contributed by atoms with Gasteiger partial charge < -0.3 is 10.0 Å². The van der Waals surface area contributed by atoms with Crippen molar-refractivity contribution in [1.29, 1.82) is 0 Å². The van der Waals surface area contributed by atoms with Crippen LogP contribution in [0.1, 0.15) is 26.2 Å². The number of hydrogen-bond donors (Lipinski definition) is 1. The first kappa shape index (κ1) is 15.8. The molecule has 21 heavy (non-hydrogen) atoms. The molecule has 0 bridgehead atoms. The fourth-order valence-electron chi connectivity index (χ4n) is 2.51. The SMILES string of the molecule is CC1(C(=O)O)CCCN1C(=O)CCSc1ccc(F)cc1. The zero-order valence-corrected chi connectivity index (χ0v) is 12.7. The maximum absolute atomic E-state index is 12.8. The van der Waals surface area contributed by atoms with Crippen molar-refractivity contribution >= 4 is 23.6 Å². The van der Waals surface area contributed by atoms with Crippen LogP contribution in [0, 0.1) is 5.82 Å². The summed E-state index contributed by atoms with van der Waals surface area (Å²) in [5.74, 6) is -0.812.